The molecule has 0 spiro atoms. The SMILES string of the molecule is COc1ccccc1CCCN1CCC(C(C)O)C1. The first kappa shape index (κ1) is 14.4. The van der Waals surface area contributed by atoms with Gasteiger partial charge in [0.05, 0.1) is 13.2 Å². The van der Waals surface area contributed by atoms with E-state index in [9.17, 15) is 5.11 Å². The minimum atomic E-state index is -0.167. The molecule has 19 heavy (non-hydrogen) atoms. The maximum Gasteiger partial charge on any atom is 0.122 e. The van der Waals surface area contributed by atoms with Gasteiger partial charge in [-0.05, 0) is 56.8 Å². The number of aliphatic hydroxyl groups excluding tert-OH is 1. The van der Waals surface area contributed by atoms with Crippen molar-refractivity contribution in [2.45, 2.75) is 32.3 Å². The molecule has 1 aromatic carbocycles. The van der Waals surface area contributed by atoms with Crippen molar-refractivity contribution in [3.63, 3.8) is 0 Å². The Morgan fingerprint density at radius 3 is 2.89 bits per heavy atom. The molecule has 1 fully saturated rings. The van der Waals surface area contributed by atoms with Crippen LogP contribution in [0, 0.1) is 5.92 Å². The molecule has 1 aliphatic heterocycles. The van der Waals surface area contributed by atoms with Gasteiger partial charge < -0.3 is 14.7 Å². The zero-order valence-corrected chi connectivity index (χ0v) is 12.0. The average Bonchev–Trinajstić information content (AvgIpc) is 2.88. The highest BCUT2D eigenvalue weighted by molar-refractivity contribution is 5.33. The summed E-state index contributed by atoms with van der Waals surface area (Å²) >= 11 is 0. The topological polar surface area (TPSA) is 32.7 Å². The third-order valence-corrected chi connectivity index (χ3v) is 4.10. The van der Waals surface area contributed by atoms with Crippen molar-refractivity contribution in [1.29, 1.82) is 0 Å². The molecule has 0 aliphatic carbocycles. The van der Waals surface area contributed by atoms with Crippen LogP contribution >= 0.6 is 0 Å². The van der Waals surface area contributed by atoms with Crippen LogP contribution in [0.2, 0.25) is 0 Å². The summed E-state index contributed by atoms with van der Waals surface area (Å²) in [4.78, 5) is 2.47. The molecule has 3 nitrogen and oxygen atoms in total. The molecule has 0 bridgehead atoms. The molecular formula is C16H25NO2. The number of hydrogen-bond donors (Lipinski definition) is 1. The van der Waals surface area contributed by atoms with Crippen molar-refractivity contribution in [1.82, 2.24) is 4.90 Å². The second-order valence-electron chi connectivity index (χ2n) is 5.51. The summed E-state index contributed by atoms with van der Waals surface area (Å²) in [6, 6.07) is 8.24. The zero-order valence-electron chi connectivity index (χ0n) is 12.0. The molecular weight excluding hydrogens is 238 g/mol. The van der Waals surface area contributed by atoms with Crippen LogP contribution in [0.4, 0.5) is 0 Å². The number of hydrogen-bond acceptors (Lipinski definition) is 3. The van der Waals surface area contributed by atoms with Gasteiger partial charge in [-0.25, -0.2) is 0 Å². The molecule has 0 saturated carbocycles. The second-order valence-corrected chi connectivity index (χ2v) is 5.51. The largest absolute Gasteiger partial charge is 0.496 e. The summed E-state index contributed by atoms with van der Waals surface area (Å²) in [5, 5.41) is 9.60. The van der Waals surface area contributed by atoms with E-state index >= 15 is 0 Å². The number of aliphatic hydroxyl groups is 1. The van der Waals surface area contributed by atoms with Crippen molar-refractivity contribution in [3.05, 3.63) is 29.8 Å². The van der Waals surface area contributed by atoms with Crippen LogP contribution in [-0.2, 0) is 6.42 Å². The second kappa shape index (κ2) is 6.92. The fourth-order valence-electron chi connectivity index (χ4n) is 2.86. The number of likely N-dealkylation sites (tertiary alicyclic amines) is 1. The molecule has 0 aromatic heterocycles. The fraction of sp³-hybridized carbons (Fsp3) is 0.625. The lowest BCUT2D eigenvalue weighted by atomic mass is 10.0. The minimum Gasteiger partial charge on any atom is -0.496 e. The van der Waals surface area contributed by atoms with Gasteiger partial charge in [-0.1, -0.05) is 18.2 Å². The van der Waals surface area contributed by atoms with Gasteiger partial charge in [0.15, 0.2) is 0 Å². The third-order valence-electron chi connectivity index (χ3n) is 4.10. The van der Waals surface area contributed by atoms with Gasteiger partial charge in [-0.2, -0.15) is 0 Å². The lowest BCUT2D eigenvalue weighted by molar-refractivity contribution is 0.127. The summed E-state index contributed by atoms with van der Waals surface area (Å²) in [5.74, 6) is 1.46. The Hall–Kier alpha value is -1.06. The first-order chi connectivity index (χ1) is 9.20. The van der Waals surface area contributed by atoms with Crippen molar-refractivity contribution in [3.8, 4) is 5.75 Å². The highest BCUT2D eigenvalue weighted by Gasteiger charge is 2.25. The summed E-state index contributed by atoms with van der Waals surface area (Å²) < 4.78 is 5.37. The standard InChI is InChI=1S/C16H25NO2/c1-13(18)15-9-11-17(12-15)10-5-7-14-6-3-4-8-16(14)19-2/h3-4,6,8,13,15,18H,5,7,9-12H2,1-2H3. The molecule has 2 atom stereocenters. The molecule has 0 radical (unpaired) electrons. The first-order valence-corrected chi connectivity index (χ1v) is 7.23. The van der Waals surface area contributed by atoms with E-state index in [4.69, 9.17) is 4.74 Å². The molecule has 1 N–H and O–H groups in total. The third kappa shape index (κ3) is 3.95. The number of ether oxygens (including phenoxy) is 1. The van der Waals surface area contributed by atoms with E-state index in [1.54, 1.807) is 7.11 Å². The quantitative estimate of drug-likeness (QED) is 0.855. The maximum atomic E-state index is 9.60. The number of aryl methyl sites for hydroxylation is 1. The van der Waals surface area contributed by atoms with Crippen LogP contribution in [-0.4, -0.2) is 42.9 Å². The number of rotatable bonds is 6. The van der Waals surface area contributed by atoms with Gasteiger partial charge in [0.25, 0.3) is 0 Å². The smallest absolute Gasteiger partial charge is 0.122 e. The van der Waals surface area contributed by atoms with Crippen LogP contribution in [0.1, 0.15) is 25.3 Å². The van der Waals surface area contributed by atoms with Gasteiger partial charge in [0.2, 0.25) is 0 Å². The van der Waals surface area contributed by atoms with Crippen molar-refractivity contribution in [2.75, 3.05) is 26.7 Å². The molecule has 2 rings (SSSR count). The molecule has 3 heteroatoms. The van der Waals surface area contributed by atoms with Gasteiger partial charge in [0, 0.05) is 6.54 Å². The van der Waals surface area contributed by atoms with Crippen LogP contribution in [0.25, 0.3) is 0 Å². The highest BCUT2D eigenvalue weighted by atomic mass is 16.5. The Bertz CT molecular complexity index is 392. The number of methoxy groups -OCH3 is 1. The van der Waals surface area contributed by atoms with E-state index in [0.717, 1.165) is 44.6 Å². The molecule has 1 saturated heterocycles. The number of nitrogens with zero attached hydrogens (tertiary/aromatic N) is 1. The maximum absolute atomic E-state index is 9.60. The summed E-state index contributed by atoms with van der Waals surface area (Å²) in [5.41, 5.74) is 1.29. The van der Waals surface area contributed by atoms with Gasteiger partial charge in [0.1, 0.15) is 5.75 Å². The molecule has 1 heterocycles. The lowest BCUT2D eigenvalue weighted by Gasteiger charge is -2.17. The lowest BCUT2D eigenvalue weighted by Crippen LogP contribution is -2.25. The fourth-order valence-corrected chi connectivity index (χ4v) is 2.86. The van der Waals surface area contributed by atoms with Gasteiger partial charge >= 0.3 is 0 Å². The molecule has 1 aromatic rings. The Kier molecular flexibility index (Phi) is 5.23. The Balaban J connectivity index is 1.75. The predicted octanol–water partition coefficient (Wildman–Crippen LogP) is 2.33. The van der Waals surface area contributed by atoms with Gasteiger partial charge in [-0.3, -0.25) is 0 Å². The average molecular weight is 263 g/mol. The van der Waals surface area contributed by atoms with Crippen LogP contribution in [0.5, 0.6) is 5.75 Å². The Labute approximate surface area is 116 Å². The zero-order chi connectivity index (χ0) is 13.7. The monoisotopic (exact) mass is 263 g/mol. The Morgan fingerprint density at radius 2 is 2.21 bits per heavy atom. The molecule has 2 unspecified atom stereocenters. The molecule has 106 valence electrons. The van der Waals surface area contributed by atoms with E-state index in [-0.39, 0.29) is 6.10 Å². The predicted molar refractivity (Wildman–Crippen MR) is 77.5 cm³/mol. The van der Waals surface area contributed by atoms with E-state index in [0.29, 0.717) is 5.92 Å². The molecule has 0 amide bonds. The van der Waals surface area contributed by atoms with Crippen molar-refractivity contribution in [2.24, 2.45) is 5.92 Å². The van der Waals surface area contributed by atoms with Crippen LogP contribution in [0.15, 0.2) is 24.3 Å². The van der Waals surface area contributed by atoms with Crippen molar-refractivity contribution < 1.29 is 9.84 Å². The highest BCUT2D eigenvalue weighted by Crippen LogP contribution is 2.22. The van der Waals surface area contributed by atoms with E-state index in [1.165, 1.54) is 5.56 Å². The number of benzene rings is 1. The first-order valence-electron chi connectivity index (χ1n) is 7.23. The van der Waals surface area contributed by atoms with Gasteiger partial charge in [-0.15, -0.1) is 0 Å². The van der Waals surface area contributed by atoms with E-state index < -0.39 is 0 Å². The van der Waals surface area contributed by atoms with Crippen molar-refractivity contribution >= 4 is 0 Å². The number of para-hydroxylation sites is 1. The summed E-state index contributed by atoms with van der Waals surface area (Å²) in [6.07, 6.45) is 3.17. The summed E-state index contributed by atoms with van der Waals surface area (Å²) in [6.45, 7) is 5.19. The van der Waals surface area contributed by atoms with Crippen LogP contribution < -0.4 is 4.74 Å². The Morgan fingerprint density at radius 1 is 1.42 bits per heavy atom. The van der Waals surface area contributed by atoms with Crippen LogP contribution in [0.3, 0.4) is 0 Å². The molecule has 1 aliphatic rings. The minimum absolute atomic E-state index is 0.167. The summed E-state index contributed by atoms with van der Waals surface area (Å²) in [7, 11) is 1.73. The normalized spacial score (nSPS) is 21.5. The van der Waals surface area contributed by atoms with E-state index in [1.807, 2.05) is 19.1 Å². The van der Waals surface area contributed by atoms with E-state index in [2.05, 4.69) is 17.0 Å².